The van der Waals surface area contributed by atoms with Crippen molar-refractivity contribution in [3.05, 3.63) is 59.2 Å². The first-order valence-electron chi connectivity index (χ1n) is 6.43. The number of anilines is 2. The average molecular weight is 269 g/mol. The van der Waals surface area contributed by atoms with Crippen molar-refractivity contribution < 1.29 is 4.79 Å². The Morgan fingerprint density at radius 2 is 1.95 bits per heavy atom. The molecule has 104 valence electrons. The lowest BCUT2D eigenvalue weighted by Crippen LogP contribution is -2.18. The minimum Gasteiger partial charge on any atom is -0.398 e. The third-order valence-corrected chi connectivity index (χ3v) is 3.28. The molecule has 0 atom stereocenters. The highest BCUT2D eigenvalue weighted by molar-refractivity contribution is 5.93. The number of hydrogen-bond acceptors (Lipinski definition) is 3. The summed E-state index contributed by atoms with van der Waals surface area (Å²) >= 11 is 0. The van der Waals surface area contributed by atoms with Crippen molar-refractivity contribution in [3.8, 4) is 0 Å². The molecule has 4 nitrogen and oxygen atoms in total. The summed E-state index contributed by atoms with van der Waals surface area (Å²) in [5.74, 6) is -0.463. The Bertz CT molecular complexity index is 637. The highest BCUT2D eigenvalue weighted by Crippen LogP contribution is 2.20. The summed E-state index contributed by atoms with van der Waals surface area (Å²) in [4.78, 5) is 13.2. The number of benzene rings is 2. The second-order valence-corrected chi connectivity index (χ2v) is 4.97. The summed E-state index contributed by atoms with van der Waals surface area (Å²) in [6, 6.07) is 13.4. The van der Waals surface area contributed by atoms with Crippen LogP contribution in [0, 0.1) is 6.92 Å². The largest absolute Gasteiger partial charge is 0.398 e. The van der Waals surface area contributed by atoms with Crippen LogP contribution in [0.1, 0.15) is 21.5 Å². The van der Waals surface area contributed by atoms with Gasteiger partial charge in [-0.2, -0.15) is 0 Å². The lowest BCUT2D eigenvalue weighted by molar-refractivity contribution is 0.100. The summed E-state index contributed by atoms with van der Waals surface area (Å²) in [5, 5.41) is 0. The number of hydrogen-bond donors (Lipinski definition) is 2. The number of aryl methyl sites for hydroxylation is 1. The van der Waals surface area contributed by atoms with Crippen LogP contribution in [-0.4, -0.2) is 13.0 Å². The number of rotatable bonds is 4. The monoisotopic (exact) mass is 269 g/mol. The Labute approximate surface area is 119 Å². The summed E-state index contributed by atoms with van der Waals surface area (Å²) < 4.78 is 0. The van der Waals surface area contributed by atoms with E-state index in [0.717, 1.165) is 11.3 Å². The zero-order chi connectivity index (χ0) is 14.7. The minimum absolute atomic E-state index is 0.435. The maximum atomic E-state index is 11.1. The van der Waals surface area contributed by atoms with E-state index in [1.54, 1.807) is 12.1 Å². The van der Waals surface area contributed by atoms with E-state index in [1.807, 2.05) is 19.2 Å². The molecule has 2 aromatic carbocycles. The van der Waals surface area contributed by atoms with E-state index in [4.69, 9.17) is 11.5 Å². The number of carbonyl (C=O) groups is 1. The Morgan fingerprint density at radius 1 is 1.20 bits per heavy atom. The van der Waals surface area contributed by atoms with Crippen molar-refractivity contribution in [2.75, 3.05) is 17.7 Å². The summed E-state index contributed by atoms with van der Waals surface area (Å²) in [5.41, 5.74) is 15.6. The molecular formula is C16H19N3O. The molecule has 0 aliphatic heterocycles. The molecule has 1 amide bonds. The molecule has 0 radical (unpaired) electrons. The number of primary amides is 1. The highest BCUT2D eigenvalue weighted by Gasteiger charge is 2.08. The Morgan fingerprint density at radius 3 is 2.55 bits per heavy atom. The second-order valence-electron chi connectivity index (χ2n) is 4.97. The van der Waals surface area contributed by atoms with Gasteiger partial charge < -0.3 is 16.4 Å². The van der Waals surface area contributed by atoms with Crippen LogP contribution in [0.2, 0.25) is 0 Å². The smallest absolute Gasteiger partial charge is 0.248 e. The zero-order valence-electron chi connectivity index (χ0n) is 11.8. The van der Waals surface area contributed by atoms with E-state index >= 15 is 0 Å². The molecule has 2 rings (SSSR count). The SMILES string of the molecule is Cc1cccc(N(C)Cc2ccc(C(N)=O)cc2N)c1. The van der Waals surface area contributed by atoms with Crippen molar-refractivity contribution in [2.24, 2.45) is 5.73 Å². The van der Waals surface area contributed by atoms with Crippen molar-refractivity contribution in [2.45, 2.75) is 13.5 Å². The molecule has 0 saturated carbocycles. The van der Waals surface area contributed by atoms with Crippen molar-refractivity contribution in [1.29, 1.82) is 0 Å². The van der Waals surface area contributed by atoms with E-state index in [-0.39, 0.29) is 0 Å². The molecule has 20 heavy (non-hydrogen) atoms. The van der Waals surface area contributed by atoms with Gasteiger partial charge in [0.2, 0.25) is 5.91 Å². The molecule has 4 heteroatoms. The lowest BCUT2D eigenvalue weighted by atomic mass is 10.1. The first-order valence-corrected chi connectivity index (χ1v) is 6.43. The molecule has 0 spiro atoms. The van der Waals surface area contributed by atoms with E-state index in [0.29, 0.717) is 17.8 Å². The van der Waals surface area contributed by atoms with Crippen LogP contribution in [0.4, 0.5) is 11.4 Å². The van der Waals surface area contributed by atoms with E-state index in [9.17, 15) is 4.79 Å². The van der Waals surface area contributed by atoms with Crippen LogP contribution in [0.3, 0.4) is 0 Å². The van der Waals surface area contributed by atoms with Crippen LogP contribution in [0.15, 0.2) is 42.5 Å². The molecule has 0 bridgehead atoms. The molecule has 2 aromatic rings. The van der Waals surface area contributed by atoms with Gasteiger partial charge in [-0.3, -0.25) is 4.79 Å². The van der Waals surface area contributed by atoms with Crippen LogP contribution in [0.5, 0.6) is 0 Å². The van der Waals surface area contributed by atoms with Gasteiger partial charge in [-0.05, 0) is 42.3 Å². The highest BCUT2D eigenvalue weighted by atomic mass is 16.1. The quantitative estimate of drug-likeness (QED) is 0.837. The van der Waals surface area contributed by atoms with Crippen LogP contribution in [0.25, 0.3) is 0 Å². The average Bonchev–Trinajstić information content (AvgIpc) is 2.40. The summed E-state index contributed by atoms with van der Waals surface area (Å²) in [7, 11) is 2.01. The predicted molar refractivity (Wildman–Crippen MR) is 82.7 cm³/mol. The third kappa shape index (κ3) is 3.09. The van der Waals surface area contributed by atoms with Gasteiger partial charge in [0, 0.05) is 30.5 Å². The predicted octanol–water partition coefficient (Wildman–Crippen LogP) is 2.31. The van der Waals surface area contributed by atoms with Gasteiger partial charge >= 0.3 is 0 Å². The molecule has 0 aliphatic rings. The first-order chi connectivity index (χ1) is 9.47. The molecule has 0 aromatic heterocycles. The van der Waals surface area contributed by atoms with Crippen molar-refractivity contribution in [3.63, 3.8) is 0 Å². The van der Waals surface area contributed by atoms with Crippen molar-refractivity contribution in [1.82, 2.24) is 0 Å². The van der Waals surface area contributed by atoms with Gasteiger partial charge in [0.15, 0.2) is 0 Å². The van der Waals surface area contributed by atoms with Gasteiger partial charge in [0.1, 0.15) is 0 Å². The van der Waals surface area contributed by atoms with E-state index < -0.39 is 5.91 Å². The summed E-state index contributed by atoms with van der Waals surface area (Å²) in [6.45, 7) is 2.74. The Balaban J connectivity index is 2.19. The lowest BCUT2D eigenvalue weighted by Gasteiger charge is -2.21. The first kappa shape index (κ1) is 13.9. The molecule has 0 unspecified atom stereocenters. The number of carbonyl (C=O) groups excluding carboxylic acids is 1. The number of amides is 1. The van der Waals surface area contributed by atoms with Gasteiger partial charge in [0.05, 0.1) is 0 Å². The number of nitrogens with zero attached hydrogens (tertiary/aromatic N) is 1. The fourth-order valence-electron chi connectivity index (χ4n) is 2.10. The fourth-order valence-corrected chi connectivity index (χ4v) is 2.10. The third-order valence-electron chi connectivity index (χ3n) is 3.28. The maximum Gasteiger partial charge on any atom is 0.248 e. The van der Waals surface area contributed by atoms with Gasteiger partial charge in [-0.25, -0.2) is 0 Å². The van der Waals surface area contributed by atoms with Crippen molar-refractivity contribution >= 4 is 17.3 Å². The Hall–Kier alpha value is -2.49. The molecular weight excluding hydrogens is 250 g/mol. The normalized spacial score (nSPS) is 10.3. The van der Waals surface area contributed by atoms with Gasteiger partial charge in [0.25, 0.3) is 0 Å². The molecule has 0 heterocycles. The molecule has 4 N–H and O–H groups in total. The number of nitrogen functional groups attached to an aromatic ring is 1. The van der Waals surface area contributed by atoms with Gasteiger partial charge in [-0.1, -0.05) is 18.2 Å². The zero-order valence-corrected chi connectivity index (χ0v) is 11.8. The van der Waals surface area contributed by atoms with E-state index in [1.165, 1.54) is 5.56 Å². The molecule has 0 aliphatic carbocycles. The maximum absolute atomic E-state index is 11.1. The van der Waals surface area contributed by atoms with Crippen LogP contribution >= 0.6 is 0 Å². The molecule has 0 saturated heterocycles. The second kappa shape index (κ2) is 5.65. The fraction of sp³-hybridized carbons (Fsp3) is 0.188. The topological polar surface area (TPSA) is 72.3 Å². The summed E-state index contributed by atoms with van der Waals surface area (Å²) in [6.07, 6.45) is 0. The van der Waals surface area contributed by atoms with Crippen LogP contribution in [-0.2, 0) is 6.54 Å². The van der Waals surface area contributed by atoms with E-state index in [2.05, 4.69) is 30.0 Å². The van der Waals surface area contributed by atoms with Gasteiger partial charge in [-0.15, -0.1) is 0 Å². The molecule has 0 fully saturated rings. The standard InChI is InChI=1S/C16H19N3O/c1-11-4-3-5-14(8-11)19(2)10-13-7-6-12(16(18)20)9-15(13)17/h3-9H,10,17H2,1-2H3,(H2,18,20). The Kier molecular flexibility index (Phi) is 3.94. The number of nitrogens with two attached hydrogens (primary N) is 2. The van der Waals surface area contributed by atoms with Crippen LogP contribution < -0.4 is 16.4 Å². The minimum atomic E-state index is -0.463.